The van der Waals surface area contributed by atoms with Gasteiger partial charge in [0.15, 0.2) is 5.69 Å². The highest BCUT2D eigenvalue weighted by Crippen LogP contribution is 2.36. The Labute approximate surface area is 145 Å². The Kier molecular flexibility index (Phi) is 4.89. The molecule has 1 saturated heterocycles. The molecule has 2 fully saturated rings. The van der Waals surface area contributed by atoms with E-state index in [9.17, 15) is 4.79 Å². The highest BCUT2D eigenvalue weighted by atomic mass is 16.5. The van der Waals surface area contributed by atoms with Gasteiger partial charge >= 0.3 is 0 Å². The number of carbonyl (C=O) groups excluding carboxylic acids is 1. The number of fused-ring (bicyclic) bond motifs is 3. The molecule has 1 aromatic carbocycles. The number of aromatic amines is 1. The van der Waals surface area contributed by atoms with E-state index in [1.807, 2.05) is 18.2 Å². The van der Waals surface area contributed by atoms with Crippen LogP contribution in [0.3, 0.4) is 0 Å². The van der Waals surface area contributed by atoms with Crippen molar-refractivity contribution in [2.24, 2.45) is 5.92 Å². The first kappa shape index (κ1) is 17.2. The normalized spacial score (nSPS) is 24.6. The zero-order valence-electron chi connectivity index (χ0n) is 14.2. The minimum absolute atomic E-state index is 0.0975. The van der Waals surface area contributed by atoms with Gasteiger partial charge in [-0.05, 0) is 44.0 Å². The maximum absolute atomic E-state index is 12.6. The molecule has 2 bridgehead atoms. The minimum atomic E-state index is -0.250. The summed E-state index contributed by atoms with van der Waals surface area (Å²) in [6, 6.07) is 6.47. The minimum Gasteiger partial charge on any atom is -0.497 e. The molecule has 2 aromatic rings. The van der Waals surface area contributed by atoms with Gasteiger partial charge in [-0.25, -0.2) is 0 Å². The van der Waals surface area contributed by atoms with E-state index < -0.39 is 0 Å². The number of rotatable bonds is 3. The molecule has 8 heteroatoms. The lowest BCUT2D eigenvalue weighted by Gasteiger charge is -2.28. The van der Waals surface area contributed by atoms with Crippen LogP contribution in [0.15, 0.2) is 18.2 Å². The fourth-order valence-corrected chi connectivity index (χ4v) is 3.88. The predicted molar refractivity (Wildman–Crippen MR) is 91.7 cm³/mol. The molecule has 1 amide bonds. The van der Waals surface area contributed by atoms with Crippen LogP contribution in [0.2, 0.25) is 0 Å². The number of nitrogens with zero attached hydrogens (tertiary/aromatic N) is 2. The Bertz CT molecular complexity index is 773. The fraction of sp³-hybridized carbons (Fsp3) is 0.471. The first-order valence-corrected chi connectivity index (χ1v) is 8.18. The van der Waals surface area contributed by atoms with Crippen LogP contribution in [-0.4, -0.2) is 65.4 Å². The highest BCUT2D eigenvalue weighted by Gasteiger charge is 2.43. The summed E-state index contributed by atoms with van der Waals surface area (Å²) in [5.41, 5.74) is 1.30. The van der Waals surface area contributed by atoms with Crippen LogP contribution < -0.4 is 10.1 Å². The molecule has 8 nitrogen and oxygen atoms in total. The van der Waals surface area contributed by atoms with Crippen molar-refractivity contribution in [3.05, 3.63) is 23.9 Å². The van der Waals surface area contributed by atoms with Crippen molar-refractivity contribution >= 4 is 23.3 Å². The second-order valence-electron chi connectivity index (χ2n) is 6.49. The molecule has 2 heterocycles. The van der Waals surface area contributed by atoms with Gasteiger partial charge in [-0.3, -0.25) is 14.7 Å². The second kappa shape index (κ2) is 7.10. The van der Waals surface area contributed by atoms with Gasteiger partial charge in [-0.2, -0.15) is 5.10 Å². The van der Waals surface area contributed by atoms with Gasteiger partial charge in [-0.15, -0.1) is 0 Å². The number of carboxylic acid groups (broad SMARTS) is 1. The van der Waals surface area contributed by atoms with Gasteiger partial charge in [0, 0.05) is 24.0 Å². The summed E-state index contributed by atoms with van der Waals surface area (Å²) in [5, 5.41) is 18.0. The lowest BCUT2D eigenvalue weighted by Crippen LogP contribution is -2.44. The van der Waals surface area contributed by atoms with Crippen molar-refractivity contribution < 1.29 is 19.4 Å². The molecule has 3 unspecified atom stereocenters. The molecule has 1 aromatic heterocycles. The maximum atomic E-state index is 12.6. The number of aromatic nitrogens is 2. The first-order chi connectivity index (χ1) is 12.1. The zero-order valence-corrected chi connectivity index (χ0v) is 14.2. The molecular formula is C17H22N4O4. The van der Waals surface area contributed by atoms with Crippen molar-refractivity contribution in [1.29, 1.82) is 0 Å². The van der Waals surface area contributed by atoms with E-state index in [4.69, 9.17) is 14.6 Å². The quantitative estimate of drug-likeness (QED) is 0.718. The number of methoxy groups -OCH3 is 1. The van der Waals surface area contributed by atoms with Gasteiger partial charge < -0.3 is 20.1 Å². The summed E-state index contributed by atoms with van der Waals surface area (Å²) in [7, 11) is 3.78. The van der Waals surface area contributed by atoms with Gasteiger partial charge in [-0.1, -0.05) is 0 Å². The SMILES string of the molecule is COc1ccc2[nH]nc(C(=O)NC3CC4CC3CN4C)c2c1.O=CO. The number of amides is 1. The van der Waals surface area contributed by atoms with Crippen LogP contribution in [0.4, 0.5) is 0 Å². The van der Waals surface area contributed by atoms with E-state index in [1.165, 1.54) is 6.42 Å². The van der Waals surface area contributed by atoms with Crippen LogP contribution in [-0.2, 0) is 4.79 Å². The number of hydrogen-bond donors (Lipinski definition) is 3. The van der Waals surface area contributed by atoms with Crippen LogP contribution in [0.5, 0.6) is 5.75 Å². The Balaban J connectivity index is 0.000000569. The molecule has 134 valence electrons. The van der Waals surface area contributed by atoms with E-state index in [0.29, 0.717) is 17.7 Å². The van der Waals surface area contributed by atoms with Crippen molar-refractivity contribution in [2.45, 2.75) is 24.9 Å². The fourth-order valence-electron chi connectivity index (χ4n) is 3.88. The summed E-state index contributed by atoms with van der Waals surface area (Å²) in [6.45, 7) is 0.824. The second-order valence-corrected chi connectivity index (χ2v) is 6.49. The van der Waals surface area contributed by atoms with E-state index in [-0.39, 0.29) is 18.4 Å². The lowest BCUT2D eigenvalue weighted by atomic mass is 10.0. The third-order valence-corrected chi connectivity index (χ3v) is 5.12. The molecule has 3 atom stereocenters. The number of benzene rings is 1. The zero-order chi connectivity index (χ0) is 18.0. The molecule has 4 rings (SSSR count). The summed E-state index contributed by atoms with van der Waals surface area (Å²) in [6.07, 6.45) is 2.23. The molecule has 0 spiro atoms. The number of nitrogens with one attached hydrogen (secondary N) is 2. The third kappa shape index (κ3) is 3.30. The molecule has 1 saturated carbocycles. The summed E-state index contributed by atoms with van der Waals surface area (Å²) in [4.78, 5) is 23.3. The summed E-state index contributed by atoms with van der Waals surface area (Å²) < 4.78 is 5.23. The first-order valence-electron chi connectivity index (χ1n) is 8.18. The molecule has 25 heavy (non-hydrogen) atoms. The number of ether oxygens (including phenoxy) is 1. The molecule has 1 aliphatic heterocycles. The van der Waals surface area contributed by atoms with E-state index in [2.05, 4.69) is 27.5 Å². The van der Waals surface area contributed by atoms with Crippen LogP contribution in [0, 0.1) is 5.92 Å². The Morgan fingerprint density at radius 1 is 1.48 bits per heavy atom. The smallest absolute Gasteiger partial charge is 0.290 e. The monoisotopic (exact) mass is 346 g/mol. The highest BCUT2D eigenvalue weighted by molar-refractivity contribution is 6.05. The number of likely N-dealkylation sites (tertiary alicyclic amines) is 1. The number of piperidine rings is 1. The predicted octanol–water partition coefficient (Wildman–Crippen LogP) is 1.09. The lowest BCUT2D eigenvalue weighted by molar-refractivity contribution is -0.122. The Morgan fingerprint density at radius 2 is 2.24 bits per heavy atom. The van der Waals surface area contributed by atoms with E-state index in [1.54, 1.807) is 7.11 Å². The van der Waals surface area contributed by atoms with Crippen molar-refractivity contribution in [3.63, 3.8) is 0 Å². The summed E-state index contributed by atoms with van der Waals surface area (Å²) >= 11 is 0. The van der Waals surface area contributed by atoms with Crippen molar-refractivity contribution in [1.82, 2.24) is 20.4 Å². The van der Waals surface area contributed by atoms with Gasteiger partial charge in [0.1, 0.15) is 5.75 Å². The molecular weight excluding hydrogens is 324 g/mol. The van der Waals surface area contributed by atoms with E-state index in [0.717, 1.165) is 29.6 Å². The summed E-state index contributed by atoms with van der Waals surface area (Å²) in [5.74, 6) is 1.20. The van der Waals surface area contributed by atoms with Crippen LogP contribution in [0.25, 0.3) is 10.9 Å². The molecule has 0 radical (unpaired) electrons. The van der Waals surface area contributed by atoms with E-state index >= 15 is 0 Å². The van der Waals surface area contributed by atoms with Crippen molar-refractivity contribution in [3.8, 4) is 5.75 Å². The molecule has 1 aliphatic carbocycles. The van der Waals surface area contributed by atoms with Crippen LogP contribution >= 0.6 is 0 Å². The maximum Gasteiger partial charge on any atom is 0.290 e. The van der Waals surface area contributed by atoms with Crippen LogP contribution in [0.1, 0.15) is 23.3 Å². The average Bonchev–Trinajstić information content (AvgIpc) is 3.28. The Morgan fingerprint density at radius 3 is 2.84 bits per heavy atom. The third-order valence-electron chi connectivity index (χ3n) is 5.12. The van der Waals surface area contributed by atoms with Gasteiger partial charge in [0.25, 0.3) is 12.4 Å². The van der Waals surface area contributed by atoms with Gasteiger partial charge in [0.2, 0.25) is 0 Å². The van der Waals surface area contributed by atoms with Crippen molar-refractivity contribution in [2.75, 3.05) is 20.7 Å². The van der Waals surface area contributed by atoms with Gasteiger partial charge in [0.05, 0.1) is 12.6 Å². The molecule has 2 aliphatic rings. The largest absolute Gasteiger partial charge is 0.497 e. The Hall–Kier alpha value is -2.61. The standard InChI is InChI=1S/C16H20N4O2.CH2O2/c1-20-8-9-5-10(20)6-14(9)17-16(21)15-12-7-11(22-2)3-4-13(12)18-19-15;2-1-3/h3-4,7,9-10,14H,5-6,8H2,1-2H3,(H,17,21)(H,18,19);1H,(H,2,3). The number of carbonyl (C=O) groups is 2. The topological polar surface area (TPSA) is 108 Å². The molecule has 3 N–H and O–H groups in total. The number of hydrogen-bond acceptors (Lipinski definition) is 5. The average molecular weight is 346 g/mol. The number of H-pyrrole nitrogens is 1.